The Hall–Kier alpha value is -1.26. The highest BCUT2D eigenvalue weighted by molar-refractivity contribution is 9.10. The lowest BCUT2D eigenvalue weighted by Crippen LogP contribution is -2.21. The summed E-state index contributed by atoms with van der Waals surface area (Å²) in [5.41, 5.74) is 4.59. The van der Waals surface area contributed by atoms with Gasteiger partial charge in [0.25, 0.3) is 0 Å². The average molecular weight is 354 g/mol. The van der Waals surface area contributed by atoms with Gasteiger partial charge in [0.15, 0.2) is 0 Å². The van der Waals surface area contributed by atoms with E-state index in [-0.39, 0.29) is 10.5 Å². The molecular weight excluding hydrogens is 336 g/mol. The van der Waals surface area contributed by atoms with Crippen LogP contribution in [0.4, 0.5) is 8.78 Å². The summed E-state index contributed by atoms with van der Waals surface area (Å²) < 4.78 is 28.2. The number of hydrogen-bond donors (Lipinski definition) is 1. The molecule has 0 saturated heterocycles. The molecule has 0 aliphatic carbocycles. The van der Waals surface area contributed by atoms with Crippen LogP contribution in [-0.2, 0) is 0 Å². The average Bonchev–Trinajstić information content (AvgIpc) is 2.38. The van der Waals surface area contributed by atoms with Crippen molar-refractivity contribution in [1.82, 2.24) is 5.32 Å². The maximum Gasteiger partial charge on any atom is 0.137 e. The summed E-state index contributed by atoms with van der Waals surface area (Å²) in [5, 5.41) is 3.10. The van der Waals surface area contributed by atoms with E-state index >= 15 is 0 Å². The highest BCUT2D eigenvalue weighted by Gasteiger charge is 2.21. The van der Waals surface area contributed by atoms with Crippen molar-refractivity contribution in [3.05, 3.63) is 68.2 Å². The molecule has 0 fully saturated rings. The quantitative estimate of drug-likeness (QED) is 0.768. The summed E-state index contributed by atoms with van der Waals surface area (Å²) in [4.78, 5) is 0. The van der Waals surface area contributed by atoms with Crippen LogP contribution in [0, 0.1) is 32.4 Å². The Kier molecular flexibility index (Phi) is 4.79. The molecule has 2 aromatic rings. The molecule has 21 heavy (non-hydrogen) atoms. The molecule has 0 heterocycles. The van der Waals surface area contributed by atoms with Gasteiger partial charge in [-0.25, -0.2) is 8.78 Å². The van der Waals surface area contributed by atoms with Gasteiger partial charge < -0.3 is 5.32 Å². The van der Waals surface area contributed by atoms with E-state index in [4.69, 9.17) is 0 Å². The molecule has 1 unspecified atom stereocenters. The van der Waals surface area contributed by atoms with Gasteiger partial charge in [0.2, 0.25) is 0 Å². The second-order valence-corrected chi connectivity index (χ2v) is 6.18. The lowest BCUT2D eigenvalue weighted by Gasteiger charge is -2.23. The summed E-state index contributed by atoms with van der Waals surface area (Å²) in [6.45, 7) is 6.01. The van der Waals surface area contributed by atoms with Gasteiger partial charge in [-0.2, -0.15) is 0 Å². The SMILES string of the molecule is CNC(c1cc(F)c(Br)cc1F)c1c(C)cc(C)cc1C. The highest BCUT2D eigenvalue weighted by atomic mass is 79.9. The van der Waals surface area contributed by atoms with Crippen LogP contribution in [0.25, 0.3) is 0 Å². The Balaban J connectivity index is 2.63. The first kappa shape index (κ1) is 16.1. The van der Waals surface area contributed by atoms with E-state index in [1.165, 1.54) is 12.1 Å². The van der Waals surface area contributed by atoms with Gasteiger partial charge in [0, 0.05) is 5.56 Å². The first-order valence-electron chi connectivity index (χ1n) is 6.74. The van der Waals surface area contributed by atoms with Crippen LogP contribution in [0.2, 0.25) is 0 Å². The highest BCUT2D eigenvalue weighted by Crippen LogP contribution is 2.32. The molecule has 2 rings (SSSR count). The third kappa shape index (κ3) is 3.16. The Bertz CT molecular complexity index is 660. The molecule has 0 aliphatic heterocycles. The van der Waals surface area contributed by atoms with E-state index in [0.717, 1.165) is 22.3 Å². The van der Waals surface area contributed by atoms with Crippen molar-refractivity contribution in [3.8, 4) is 0 Å². The number of hydrogen-bond acceptors (Lipinski definition) is 1. The minimum absolute atomic E-state index is 0.135. The monoisotopic (exact) mass is 353 g/mol. The van der Waals surface area contributed by atoms with Crippen LogP contribution < -0.4 is 5.32 Å². The molecule has 2 aromatic carbocycles. The van der Waals surface area contributed by atoms with Gasteiger partial charge in [-0.15, -0.1) is 0 Å². The molecule has 0 aliphatic rings. The van der Waals surface area contributed by atoms with E-state index in [0.29, 0.717) is 5.56 Å². The summed E-state index contributed by atoms with van der Waals surface area (Å²) in [6, 6.07) is 6.15. The van der Waals surface area contributed by atoms with Crippen LogP contribution in [0.15, 0.2) is 28.7 Å². The minimum atomic E-state index is -0.464. The molecule has 0 aromatic heterocycles. The molecule has 0 spiro atoms. The summed E-state index contributed by atoms with van der Waals surface area (Å²) in [6.07, 6.45) is 0. The fourth-order valence-electron chi connectivity index (χ4n) is 2.86. The predicted octanol–water partition coefficient (Wildman–Crippen LogP) is 4.96. The number of benzene rings is 2. The summed E-state index contributed by atoms with van der Waals surface area (Å²) in [5.74, 6) is -0.893. The van der Waals surface area contributed by atoms with Gasteiger partial charge in [-0.1, -0.05) is 17.7 Å². The summed E-state index contributed by atoms with van der Waals surface area (Å²) in [7, 11) is 1.75. The van der Waals surface area contributed by atoms with E-state index in [9.17, 15) is 8.78 Å². The Morgan fingerprint density at radius 3 is 2.05 bits per heavy atom. The molecule has 1 N–H and O–H groups in total. The van der Waals surface area contributed by atoms with Crippen LogP contribution in [0.1, 0.15) is 33.9 Å². The predicted molar refractivity (Wildman–Crippen MR) is 85.6 cm³/mol. The van der Waals surface area contributed by atoms with Crippen molar-refractivity contribution in [1.29, 1.82) is 0 Å². The van der Waals surface area contributed by atoms with E-state index < -0.39 is 11.6 Å². The molecule has 0 saturated carbocycles. The zero-order chi connectivity index (χ0) is 15.7. The second-order valence-electron chi connectivity index (χ2n) is 5.32. The van der Waals surface area contributed by atoms with Crippen molar-refractivity contribution in [2.24, 2.45) is 0 Å². The molecule has 0 bridgehead atoms. The normalized spacial score (nSPS) is 12.5. The minimum Gasteiger partial charge on any atom is -0.309 e. The van der Waals surface area contributed by atoms with Gasteiger partial charge in [-0.05, 0) is 72.6 Å². The lowest BCUT2D eigenvalue weighted by molar-refractivity contribution is 0.553. The van der Waals surface area contributed by atoms with E-state index in [2.05, 4.69) is 33.4 Å². The first-order valence-corrected chi connectivity index (χ1v) is 7.54. The molecule has 4 heteroatoms. The topological polar surface area (TPSA) is 12.0 Å². The van der Waals surface area contributed by atoms with Gasteiger partial charge in [-0.3, -0.25) is 0 Å². The maximum atomic E-state index is 14.3. The maximum absolute atomic E-state index is 14.3. The van der Waals surface area contributed by atoms with Gasteiger partial charge in [0.05, 0.1) is 10.5 Å². The zero-order valence-corrected chi connectivity index (χ0v) is 14.1. The second kappa shape index (κ2) is 6.24. The molecular formula is C17H18BrF2N. The fourth-order valence-corrected chi connectivity index (χ4v) is 3.18. The molecule has 0 amide bonds. The van der Waals surface area contributed by atoms with Crippen molar-refractivity contribution in [3.63, 3.8) is 0 Å². The Labute approximate surface area is 132 Å². The number of rotatable bonds is 3. The first-order chi connectivity index (χ1) is 9.85. The van der Waals surface area contributed by atoms with Crippen LogP contribution in [0.5, 0.6) is 0 Å². The van der Waals surface area contributed by atoms with E-state index in [1.54, 1.807) is 7.05 Å². The van der Waals surface area contributed by atoms with Crippen LogP contribution >= 0.6 is 15.9 Å². The van der Waals surface area contributed by atoms with Crippen molar-refractivity contribution in [2.75, 3.05) is 7.05 Å². The van der Waals surface area contributed by atoms with Crippen molar-refractivity contribution < 1.29 is 8.78 Å². The zero-order valence-electron chi connectivity index (χ0n) is 12.5. The Morgan fingerprint density at radius 1 is 0.952 bits per heavy atom. The molecule has 1 nitrogen and oxygen atoms in total. The van der Waals surface area contributed by atoms with Gasteiger partial charge >= 0.3 is 0 Å². The molecule has 112 valence electrons. The van der Waals surface area contributed by atoms with E-state index in [1.807, 2.05) is 20.8 Å². The van der Waals surface area contributed by atoms with Crippen LogP contribution in [-0.4, -0.2) is 7.05 Å². The number of aryl methyl sites for hydroxylation is 3. The van der Waals surface area contributed by atoms with Crippen molar-refractivity contribution in [2.45, 2.75) is 26.8 Å². The van der Waals surface area contributed by atoms with Gasteiger partial charge in [0.1, 0.15) is 11.6 Å². The smallest absolute Gasteiger partial charge is 0.137 e. The third-order valence-corrected chi connectivity index (χ3v) is 4.27. The Morgan fingerprint density at radius 2 is 1.52 bits per heavy atom. The van der Waals surface area contributed by atoms with Crippen molar-refractivity contribution >= 4 is 15.9 Å². The summed E-state index contributed by atoms with van der Waals surface area (Å²) >= 11 is 3.01. The largest absolute Gasteiger partial charge is 0.309 e. The molecule has 1 atom stereocenters. The fraction of sp³-hybridized carbons (Fsp3) is 0.294. The standard InChI is InChI=1S/C17H18BrF2N/c1-9-5-10(2)16(11(3)6-9)17(21-4)12-7-15(20)13(18)8-14(12)19/h5-8,17,21H,1-4H3. The lowest BCUT2D eigenvalue weighted by atomic mass is 9.90. The third-order valence-electron chi connectivity index (χ3n) is 3.67. The number of halogens is 3. The number of nitrogens with one attached hydrogen (secondary N) is 1. The van der Waals surface area contributed by atoms with Crippen LogP contribution in [0.3, 0.4) is 0 Å². The molecule has 0 radical (unpaired) electrons.